The lowest BCUT2D eigenvalue weighted by Gasteiger charge is -2.17. The molecule has 23 heavy (non-hydrogen) atoms. The Balaban J connectivity index is 2.65. The molecule has 0 spiro atoms. The zero-order chi connectivity index (χ0) is 17.6. The molecule has 0 heterocycles. The molecule has 1 rings (SSSR count). The lowest BCUT2D eigenvalue weighted by Crippen LogP contribution is -2.49. The van der Waals surface area contributed by atoms with Gasteiger partial charge in [0.05, 0.1) is 6.04 Å². The van der Waals surface area contributed by atoms with E-state index >= 15 is 0 Å². The summed E-state index contributed by atoms with van der Waals surface area (Å²) in [7, 11) is 0. The molecule has 0 bridgehead atoms. The molecule has 0 saturated heterocycles. The fraction of sp³-hybridized carbons (Fsp3) is 0.357. The number of aromatic hydroxyl groups is 2. The van der Waals surface area contributed by atoms with Crippen LogP contribution in [-0.4, -0.2) is 45.2 Å². The highest BCUT2D eigenvalue weighted by molar-refractivity contribution is 5.87. The molecular weight excluding hydrogens is 306 g/mol. The number of aliphatic carboxylic acids is 1. The van der Waals surface area contributed by atoms with Crippen LogP contribution in [-0.2, 0) is 20.8 Å². The number of primary amides is 1. The third kappa shape index (κ3) is 5.83. The monoisotopic (exact) mass is 325 g/mol. The highest BCUT2D eigenvalue weighted by atomic mass is 16.4. The molecule has 2 amide bonds. The molecule has 0 saturated carbocycles. The predicted molar refractivity (Wildman–Crippen MR) is 79.4 cm³/mol. The maximum absolute atomic E-state index is 11.9. The van der Waals surface area contributed by atoms with Crippen LogP contribution >= 0.6 is 0 Å². The first-order chi connectivity index (χ1) is 10.7. The standard InChI is InChI=1S/C14H19N3O6/c15-8(5-7-1-3-10(18)11(19)6-7)13(21)17-9(14(22)23)2-4-12(16)20/h1,3,6,8-9,18-19H,2,4-5,15H2,(H2,16,20)(H,17,21)(H,22,23)/t8?,9-/m0/s1. The normalized spacial score (nSPS) is 13.1. The molecular formula is C14H19N3O6. The zero-order valence-corrected chi connectivity index (χ0v) is 12.2. The predicted octanol–water partition coefficient (Wildman–Crippen LogP) is -1.20. The van der Waals surface area contributed by atoms with E-state index in [1.807, 2.05) is 0 Å². The van der Waals surface area contributed by atoms with Crippen LogP contribution < -0.4 is 16.8 Å². The zero-order valence-electron chi connectivity index (χ0n) is 12.2. The van der Waals surface area contributed by atoms with E-state index in [0.717, 1.165) is 0 Å². The summed E-state index contributed by atoms with van der Waals surface area (Å²) in [6.45, 7) is 0. The summed E-state index contributed by atoms with van der Waals surface area (Å²) >= 11 is 0. The van der Waals surface area contributed by atoms with Crippen LogP contribution in [0.4, 0.5) is 0 Å². The lowest BCUT2D eigenvalue weighted by molar-refractivity contribution is -0.142. The minimum atomic E-state index is -1.30. The molecule has 1 aromatic carbocycles. The van der Waals surface area contributed by atoms with Gasteiger partial charge in [0.15, 0.2) is 11.5 Å². The maximum atomic E-state index is 11.9. The van der Waals surface area contributed by atoms with Crippen LogP contribution in [0.15, 0.2) is 18.2 Å². The fourth-order valence-corrected chi connectivity index (χ4v) is 1.87. The van der Waals surface area contributed by atoms with E-state index in [9.17, 15) is 24.6 Å². The second-order valence-electron chi connectivity index (χ2n) is 5.04. The second-order valence-corrected chi connectivity index (χ2v) is 5.04. The van der Waals surface area contributed by atoms with Gasteiger partial charge in [-0.25, -0.2) is 4.79 Å². The summed E-state index contributed by atoms with van der Waals surface area (Å²) in [6, 6.07) is 1.65. The van der Waals surface area contributed by atoms with Gasteiger partial charge in [-0.15, -0.1) is 0 Å². The Labute approximate surface area is 131 Å². The molecule has 9 nitrogen and oxygen atoms in total. The topological polar surface area (TPSA) is 176 Å². The molecule has 9 heteroatoms. The number of hydrogen-bond donors (Lipinski definition) is 6. The van der Waals surface area contributed by atoms with Gasteiger partial charge in [-0.05, 0) is 30.5 Å². The third-order valence-electron chi connectivity index (χ3n) is 3.13. The number of carboxylic acid groups (broad SMARTS) is 1. The average Bonchev–Trinajstić information content (AvgIpc) is 2.46. The molecule has 0 radical (unpaired) electrons. The van der Waals surface area contributed by atoms with Crippen molar-refractivity contribution in [3.8, 4) is 11.5 Å². The summed E-state index contributed by atoms with van der Waals surface area (Å²) in [5, 5.41) is 29.8. The van der Waals surface area contributed by atoms with Crippen LogP contribution in [0.3, 0.4) is 0 Å². The summed E-state index contributed by atoms with van der Waals surface area (Å²) < 4.78 is 0. The average molecular weight is 325 g/mol. The Hall–Kier alpha value is -2.81. The maximum Gasteiger partial charge on any atom is 0.326 e. The molecule has 0 aliphatic heterocycles. The molecule has 8 N–H and O–H groups in total. The number of phenolic OH excluding ortho intramolecular Hbond substituents is 2. The Kier molecular flexibility index (Phi) is 6.34. The quantitative estimate of drug-likeness (QED) is 0.325. The first kappa shape index (κ1) is 18.2. The first-order valence-corrected chi connectivity index (χ1v) is 6.78. The third-order valence-corrected chi connectivity index (χ3v) is 3.13. The Bertz CT molecular complexity index is 604. The van der Waals surface area contributed by atoms with Crippen LogP contribution in [0.25, 0.3) is 0 Å². The number of nitrogens with one attached hydrogen (secondary N) is 1. The number of rotatable bonds is 8. The van der Waals surface area contributed by atoms with E-state index in [1.54, 1.807) is 0 Å². The van der Waals surface area contributed by atoms with Crippen LogP contribution in [0.2, 0.25) is 0 Å². The van der Waals surface area contributed by atoms with Crippen molar-refractivity contribution in [1.82, 2.24) is 5.32 Å². The minimum absolute atomic E-state index is 0.0296. The SMILES string of the molecule is NC(=O)CC[C@H](NC(=O)C(N)Cc1ccc(O)c(O)c1)C(=O)O. The fourth-order valence-electron chi connectivity index (χ4n) is 1.87. The van der Waals surface area contributed by atoms with Gasteiger partial charge in [-0.2, -0.15) is 0 Å². The number of carbonyl (C=O) groups excluding carboxylic acids is 2. The van der Waals surface area contributed by atoms with Gasteiger partial charge >= 0.3 is 5.97 Å². The van der Waals surface area contributed by atoms with Crippen molar-refractivity contribution in [2.45, 2.75) is 31.3 Å². The molecule has 1 aromatic rings. The molecule has 0 aliphatic carbocycles. The van der Waals surface area contributed by atoms with E-state index in [2.05, 4.69) is 5.32 Å². The number of nitrogens with two attached hydrogens (primary N) is 2. The number of hydrogen-bond acceptors (Lipinski definition) is 6. The molecule has 0 fully saturated rings. The van der Waals surface area contributed by atoms with E-state index < -0.39 is 29.9 Å². The van der Waals surface area contributed by atoms with Gasteiger partial charge in [0.1, 0.15) is 6.04 Å². The number of carboxylic acids is 1. The van der Waals surface area contributed by atoms with Crippen molar-refractivity contribution in [3.63, 3.8) is 0 Å². The van der Waals surface area contributed by atoms with Crippen molar-refractivity contribution in [1.29, 1.82) is 0 Å². The van der Waals surface area contributed by atoms with Crippen molar-refractivity contribution in [3.05, 3.63) is 23.8 Å². The molecule has 2 atom stereocenters. The number of benzene rings is 1. The second kappa shape index (κ2) is 7.99. The van der Waals surface area contributed by atoms with E-state index in [0.29, 0.717) is 5.56 Å². The van der Waals surface area contributed by atoms with Gasteiger partial charge in [-0.1, -0.05) is 6.07 Å². The summed E-state index contributed by atoms with van der Waals surface area (Å²) in [5.74, 6) is -3.33. The summed E-state index contributed by atoms with van der Waals surface area (Å²) in [6.07, 6.45) is -0.288. The largest absolute Gasteiger partial charge is 0.504 e. The molecule has 0 aliphatic rings. The Morgan fingerprint density at radius 2 is 1.83 bits per heavy atom. The highest BCUT2D eigenvalue weighted by Crippen LogP contribution is 2.25. The van der Waals surface area contributed by atoms with Crippen molar-refractivity contribution in [2.75, 3.05) is 0 Å². The smallest absolute Gasteiger partial charge is 0.326 e. The number of carbonyl (C=O) groups is 3. The van der Waals surface area contributed by atoms with Gasteiger partial charge < -0.3 is 32.1 Å². The number of amides is 2. The Morgan fingerprint density at radius 3 is 2.35 bits per heavy atom. The van der Waals surface area contributed by atoms with Crippen LogP contribution in [0.1, 0.15) is 18.4 Å². The minimum Gasteiger partial charge on any atom is -0.504 e. The summed E-state index contributed by atoms with van der Waals surface area (Å²) in [5.41, 5.74) is 11.1. The van der Waals surface area contributed by atoms with Gasteiger partial charge in [0.2, 0.25) is 11.8 Å². The van der Waals surface area contributed by atoms with Crippen LogP contribution in [0, 0.1) is 0 Å². The molecule has 0 aromatic heterocycles. The van der Waals surface area contributed by atoms with Gasteiger partial charge in [0.25, 0.3) is 0 Å². The highest BCUT2D eigenvalue weighted by Gasteiger charge is 2.24. The van der Waals surface area contributed by atoms with Crippen molar-refractivity contribution < 1.29 is 29.7 Å². The van der Waals surface area contributed by atoms with E-state index in [4.69, 9.17) is 16.6 Å². The summed E-state index contributed by atoms with van der Waals surface area (Å²) in [4.78, 5) is 33.7. The molecule has 126 valence electrons. The van der Waals surface area contributed by atoms with Crippen molar-refractivity contribution >= 4 is 17.8 Å². The molecule has 1 unspecified atom stereocenters. The van der Waals surface area contributed by atoms with E-state index in [1.165, 1.54) is 18.2 Å². The van der Waals surface area contributed by atoms with Gasteiger partial charge in [0, 0.05) is 6.42 Å². The van der Waals surface area contributed by atoms with Gasteiger partial charge in [-0.3, -0.25) is 9.59 Å². The van der Waals surface area contributed by atoms with Crippen LogP contribution in [0.5, 0.6) is 11.5 Å². The van der Waals surface area contributed by atoms with E-state index in [-0.39, 0.29) is 30.8 Å². The first-order valence-electron chi connectivity index (χ1n) is 6.78. The number of phenols is 2. The van der Waals surface area contributed by atoms with Crippen molar-refractivity contribution in [2.24, 2.45) is 11.5 Å². The Morgan fingerprint density at radius 1 is 1.17 bits per heavy atom. The lowest BCUT2D eigenvalue weighted by atomic mass is 10.0.